The number of H-pyrrole nitrogens is 1. The van der Waals surface area contributed by atoms with Crippen LogP contribution in [0.2, 0.25) is 5.02 Å². The molecule has 0 atom stereocenters. The van der Waals surface area contributed by atoms with E-state index >= 15 is 0 Å². The van der Waals surface area contributed by atoms with Crippen LogP contribution < -0.4 is 5.32 Å². The Morgan fingerprint density at radius 1 is 1.03 bits per heavy atom. The summed E-state index contributed by atoms with van der Waals surface area (Å²) in [5.41, 5.74) is 0.685. The molecule has 0 radical (unpaired) electrons. The van der Waals surface area contributed by atoms with E-state index in [0.717, 1.165) is 0 Å². The van der Waals surface area contributed by atoms with E-state index in [9.17, 15) is 23.3 Å². The Morgan fingerprint density at radius 3 is 2.50 bits per heavy atom. The number of carbonyl (C=O) groups excluding carboxylic acids is 1. The number of sulfone groups is 1. The van der Waals surface area contributed by atoms with Crippen LogP contribution in [0.3, 0.4) is 0 Å². The molecule has 4 rings (SSSR count). The van der Waals surface area contributed by atoms with Crippen molar-refractivity contribution >= 4 is 43.9 Å². The Balaban J connectivity index is 1.76. The third-order valence-corrected chi connectivity index (χ3v) is 6.93. The second kappa shape index (κ2) is 8.45. The fourth-order valence-electron chi connectivity index (χ4n) is 3.35. The van der Waals surface area contributed by atoms with Crippen molar-refractivity contribution in [2.45, 2.75) is 16.3 Å². The number of nitro benzene ring substituents is 1. The molecule has 1 aromatic heterocycles. The number of rotatable bonds is 6. The van der Waals surface area contributed by atoms with E-state index in [0.29, 0.717) is 21.5 Å². The molecule has 0 unspecified atom stereocenters. The van der Waals surface area contributed by atoms with Gasteiger partial charge in [-0.3, -0.25) is 14.9 Å². The molecule has 4 aromatic rings. The first kappa shape index (κ1) is 21.5. The van der Waals surface area contributed by atoms with Crippen LogP contribution in [0.25, 0.3) is 10.9 Å². The number of carbonyl (C=O) groups is 1. The number of nitro groups is 1. The molecule has 0 aliphatic carbocycles. The standard InChI is InChI=1S/C22H16ClN3O5S/c23-15-9-10-19-18(12-15)21(32(30,31)17-7-2-1-3-8-17)20(25-19)22(27)24-13-14-5-4-6-16(11-14)26(28)29/h1-12,25H,13H2,(H,24,27). The third-order valence-electron chi connectivity index (χ3n) is 4.84. The van der Waals surface area contributed by atoms with Gasteiger partial charge in [-0.15, -0.1) is 0 Å². The molecule has 0 saturated heterocycles. The van der Waals surface area contributed by atoms with E-state index in [1.54, 1.807) is 36.4 Å². The van der Waals surface area contributed by atoms with E-state index < -0.39 is 20.7 Å². The van der Waals surface area contributed by atoms with Crippen LogP contribution >= 0.6 is 11.6 Å². The number of aromatic nitrogens is 1. The lowest BCUT2D eigenvalue weighted by Crippen LogP contribution is -2.25. The zero-order valence-corrected chi connectivity index (χ0v) is 18.0. The smallest absolute Gasteiger partial charge is 0.269 e. The Morgan fingerprint density at radius 2 is 1.78 bits per heavy atom. The van der Waals surface area contributed by atoms with Crippen LogP contribution in [0.15, 0.2) is 82.6 Å². The molecular weight excluding hydrogens is 454 g/mol. The quantitative estimate of drug-likeness (QED) is 0.318. The molecule has 162 valence electrons. The molecule has 32 heavy (non-hydrogen) atoms. The maximum Gasteiger partial charge on any atom is 0.269 e. The highest BCUT2D eigenvalue weighted by Crippen LogP contribution is 2.33. The van der Waals surface area contributed by atoms with Gasteiger partial charge in [0.05, 0.1) is 9.82 Å². The summed E-state index contributed by atoms with van der Waals surface area (Å²) in [5.74, 6) is -0.668. The Kier molecular flexibility index (Phi) is 5.68. The fraction of sp³-hybridized carbons (Fsp3) is 0.0455. The van der Waals surface area contributed by atoms with Crippen molar-refractivity contribution in [3.63, 3.8) is 0 Å². The van der Waals surface area contributed by atoms with E-state index in [1.807, 2.05) is 0 Å². The largest absolute Gasteiger partial charge is 0.349 e. The van der Waals surface area contributed by atoms with Crippen LogP contribution in [0.5, 0.6) is 0 Å². The summed E-state index contributed by atoms with van der Waals surface area (Å²) < 4.78 is 26.8. The highest BCUT2D eigenvalue weighted by atomic mass is 35.5. The minimum Gasteiger partial charge on any atom is -0.349 e. The summed E-state index contributed by atoms with van der Waals surface area (Å²) in [7, 11) is -4.06. The highest BCUT2D eigenvalue weighted by Gasteiger charge is 2.29. The van der Waals surface area contributed by atoms with Gasteiger partial charge in [0.15, 0.2) is 0 Å². The van der Waals surface area contributed by atoms with Gasteiger partial charge in [-0.05, 0) is 35.9 Å². The fourth-order valence-corrected chi connectivity index (χ4v) is 5.14. The lowest BCUT2D eigenvalue weighted by Gasteiger charge is -2.08. The number of amides is 1. The average Bonchev–Trinajstić information content (AvgIpc) is 3.17. The molecule has 0 spiro atoms. The van der Waals surface area contributed by atoms with Gasteiger partial charge < -0.3 is 10.3 Å². The van der Waals surface area contributed by atoms with Crippen LogP contribution in [-0.4, -0.2) is 24.2 Å². The highest BCUT2D eigenvalue weighted by molar-refractivity contribution is 7.91. The average molecular weight is 470 g/mol. The van der Waals surface area contributed by atoms with E-state index in [1.165, 1.54) is 36.4 Å². The molecule has 0 bridgehead atoms. The second-order valence-corrected chi connectivity index (χ2v) is 9.27. The third kappa shape index (κ3) is 4.08. The number of halogens is 1. The van der Waals surface area contributed by atoms with Crippen molar-refractivity contribution < 1.29 is 18.1 Å². The monoisotopic (exact) mass is 469 g/mol. The van der Waals surface area contributed by atoms with Crippen molar-refractivity contribution in [3.05, 3.63) is 99.2 Å². The van der Waals surface area contributed by atoms with Gasteiger partial charge in [-0.1, -0.05) is 41.9 Å². The molecule has 8 nitrogen and oxygen atoms in total. The van der Waals surface area contributed by atoms with Gasteiger partial charge in [0.2, 0.25) is 9.84 Å². The first-order valence-electron chi connectivity index (χ1n) is 9.40. The molecule has 0 aliphatic rings. The van der Waals surface area contributed by atoms with Crippen molar-refractivity contribution in [1.29, 1.82) is 0 Å². The summed E-state index contributed by atoms with van der Waals surface area (Å²) in [6.45, 7) is -0.0263. The summed E-state index contributed by atoms with van der Waals surface area (Å²) in [6, 6.07) is 18.3. The molecule has 10 heteroatoms. The summed E-state index contributed by atoms with van der Waals surface area (Å²) in [4.78, 5) is 26.2. The molecule has 2 N–H and O–H groups in total. The van der Waals surface area contributed by atoms with Crippen LogP contribution in [0.4, 0.5) is 5.69 Å². The summed E-state index contributed by atoms with van der Waals surface area (Å²) in [6.07, 6.45) is 0. The molecular formula is C22H16ClN3O5S. The van der Waals surface area contributed by atoms with Crippen molar-refractivity contribution in [2.24, 2.45) is 0 Å². The Labute approximate surface area is 187 Å². The maximum atomic E-state index is 13.4. The first-order valence-corrected chi connectivity index (χ1v) is 11.3. The molecule has 0 fully saturated rings. The number of hydrogen-bond acceptors (Lipinski definition) is 5. The normalized spacial score (nSPS) is 11.4. The lowest BCUT2D eigenvalue weighted by molar-refractivity contribution is -0.384. The van der Waals surface area contributed by atoms with Gasteiger partial charge in [-0.2, -0.15) is 0 Å². The first-order chi connectivity index (χ1) is 15.3. The maximum absolute atomic E-state index is 13.4. The summed E-state index contributed by atoms with van der Waals surface area (Å²) >= 11 is 6.09. The molecule has 1 heterocycles. The minimum atomic E-state index is -4.06. The van der Waals surface area contributed by atoms with E-state index in [2.05, 4.69) is 10.3 Å². The molecule has 1 amide bonds. The van der Waals surface area contributed by atoms with Crippen molar-refractivity contribution in [2.75, 3.05) is 0 Å². The predicted octanol–water partition coefficient (Wildman–Crippen LogP) is 4.49. The zero-order chi connectivity index (χ0) is 22.9. The van der Waals surface area contributed by atoms with Crippen LogP contribution in [0, 0.1) is 10.1 Å². The van der Waals surface area contributed by atoms with Crippen LogP contribution in [-0.2, 0) is 16.4 Å². The van der Waals surface area contributed by atoms with Gasteiger partial charge in [0.25, 0.3) is 11.6 Å². The van der Waals surface area contributed by atoms with Crippen molar-refractivity contribution in [1.82, 2.24) is 10.3 Å². The van der Waals surface area contributed by atoms with Gasteiger partial charge >= 0.3 is 0 Å². The summed E-state index contributed by atoms with van der Waals surface area (Å²) in [5, 5.41) is 14.2. The predicted molar refractivity (Wildman–Crippen MR) is 119 cm³/mol. The number of fused-ring (bicyclic) bond motifs is 1. The Bertz CT molecular complexity index is 1450. The number of aromatic amines is 1. The number of nitrogens with zero attached hydrogens (tertiary/aromatic N) is 1. The molecule has 0 saturated carbocycles. The van der Waals surface area contributed by atoms with Crippen molar-refractivity contribution in [3.8, 4) is 0 Å². The van der Waals surface area contributed by atoms with E-state index in [4.69, 9.17) is 11.6 Å². The lowest BCUT2D eigenvalue weighted by atomic mass is 10.2. The Hall–Kier alpha value is -3.69. The number of hydrogen-bond donors (Lipinski definition) is 2. The topological polar surface area (TPSA) is 122 Å². The van der Waals surface area contributed by atoms with Gasteiger partial charge in [0, 0.05) is 34.6 Å². The SMILES string of the molecule is O=C(NCc1cccc([N+](=O)[O-])c1)c1[nH]c2ccc(Cl)cc2c1S(=O)(=O)c1ccccc1. The van der Waals surface area contributed by atoms with Gasteiger partial charge in [-0.25, -0.2) is 8.42 Å². The van der Waals surface area contributed by atoms with E-state index in [-0.39, 0.29) is 27.7 Å². The number of benzene rings is 3. The number of nitrogens with one attached hydrogen (secondary N) is 2. The van der Waals surface area contributed by atoms with Gasteiger partial charge in [0.1, 0.15) is 10.6 Å². The minimum absolute atomic E-state index is 0.0263. The number of non-ortho nitro benzene ring substituents is 1. The molecule has 0 aliphatic heterocycles. The van der Waals surface area contributed by atoms with Crippen LogP contribution in [0.1, 0.15) is 16.1 Å². The second-order valence-electron chi connectivity index (χ2n) is 6.95. The molecule has 3 aromatic carbocycles. The zero-order valence-electron chi connectivity index (χ0n) is 16.4.